The van der Waals surface area contributed by atoms with Crippen molar-refractivity contribution in [2.45, 2.75) is 6.92 Å². The summed E-state index contributed by atoms with van der Waals surface area (Å²) in [5, 5.41) is 1.21. The van der Waals surface area contributed by atoms with Gasteiger partial charge < -0.3 is 14.3 Å². The first-order chi connectivity index (χ1) is 21.1. The minimum atomic E-state index is -0.702. The first-order valence-electron chi connectivity index (χ1n) is 13.5. The lowest BCUT2D eigenvalue weighted by atomic mass is 10.1. The van der Waals surface area contributed by atoms with Crippen LogP contribution in [0.3, 0.4) is 0 Å². The number of para-hydroxylation sites is 2. The number of nitrogens with zero attached hydrogens (tertiary/aromatic N) is 4. The van der Waals surface area contributed by atoms with Gasteiger partial charge in [-0.05, 0) is 61.5 Å². The third kappa shape index (κ3) is 4.96. The zero-order valence-corrected chi connectivity index (χ0v) is 23.9. The van der Waals surface area contributed by atoms with E-state index >= 15 is 0 Å². The Hall–Kier alpha value is -6.10. The van der Waals surface area contributed by atoms with Gasteiger partial charge in [0.05, 0.1) is 16.7 Å². The summed E-state index contributed by atoms with van der Waals surface area (Å²) in [6, 6.07) is 20.4. The molecule has 0 spiro atoms. The first-order valence-corrected chi connectivity index (χ1v) is 13.5. The highest BCUT2D eigenvalue weighted by atomic mass is 16.4. The molecule has 7 rings (SSSR count). The van der Waals surface area contributed by atoms with Gasteiger partial charge in [0.15, 0.2) is 0 Å². The van der Waals surface area contributed by atoms with E-state index in [1.54, 1.807) is 25.1 Å². The maximum atomic E-state index is 12.3. The van der Waals surface area contributed by atoms with Crippen LogP contribution in [0, 0.1) is 6.92 Å². The standard InChI is InChI=1S/C17H11N3O2.C16H14N2O4/c21-15-9-10-16(22)20(15)12-7-5-11(6-8-12)17-18-13-3-1-2-4-14(13)19-17;1-9-11-5-4-10(17(2)3)8-12(11)15(16(21)22-9)18-13(19)6-7-14(18)20/h1-10H,(H,18,19);4-8H,1-3H3. The van der Waals surface area contributed by atoms with Gasteiger partial charge >= 0.3 is 5.63 Å². The number of nitrogens with one attached hydrogen (secondary N) is 1. The van der Waals surface area contributed by atoms with Gasteiger partial charge in [-0.1, -0.05) is 12.1 Å². The second-order valence-corrected chi connectivity index (χ2v) is 10.3. The third-order valence-electron chi connectivity index (χ3n) is 7.22. The van der Waals surface area contributed by atoms with Crippen molar-refractivity contribution in [1.82, 2.24) is 9.97 Å². The molecule has 3 aromatic carbocycles. The van der Waals surface area contributed by atoms with Crippen LogP contribution >= 0.6 is 0 Å². The summed E-state index contributed by atoms with van der Waals surface area (Å²) < 4.78 is 5.19. The Kier molecular flexibility index (Phi) is 6.98. The number of amides is 4. The number of rotatable bonds is 4. The molecule has 2 aromatic heterocycles. The number of hydrogen-bond donors (Lipinski definition) is 1. The minimum Gasteiger partial charge on any atom is -0.426 e. The fourth-order valence-electron chi connectivity index (χ4n) is 5.01. The van der Waals surface area contributed by atoms with E-state index in [1.165, 1.54) is 12.2 Å². The summed E-state index contributed by atoms with van der Waals surface area (Å²) in [7, 11) is 3.74. The number of aryl methyl sites for hydroxylation is 1. The van der Waals surface area contributed by atoms with E-state index in [4.69, 9.17) is 4.42 Å². The monoisotopic (exact) mass is 587 g/mol. The van der Waals surface area contributed by atoms with Crippen LogP contribution in [0.4, 0.5) is 17.1 Å². The fraction of sp³-hybridized carbons (Fsp3) is 0.0909. The molecule has 2 aliphatic rings. The molecule has 1 N–H and O–H groups in total. The predicted molar refractivity (Wildman–Crippen MR) is 166 cm³/mol. The molecule has 0 aliphatic carbocycles. The van der Waals surface area contributed by atoms with Gasteiger partial charge in [-0.15, -0.1) is 0 Å². The van der Waals surface area contributed by atoms with Gasteiger partial charge in [0.2, 0.25) is 0 Å². The highest BCUT2D eigenvalue weighted by molar-refractivity contribution is 6.30. The van der Waals surface area contributed by atoms with Gasteiger partial charge in [0, 0.05) is 60.4 Å². The number of carbonyl (C=O) groups excluding carboxylic acids is 4. The molecule has 0 saturated heterocycles. The largest absolute Gasteiger partial charge is 0.426 e. The Bertz CT molecular complexity index is 2050. The SMILES string of the molecule is Cc1oc(=O)c(N2C(=O)C=CC2=O)c2cc(N(C)C)ccc12.O=C1C=CC(=O)N1c1ccc(-c2nc3ccccc3[nH]2)cc1. The Morgan fingerprint density at radius 1 is 0.727 bits per heavy atom. The molecular formula is C33H25N5O6. The van der Waals surface area contributed by atoms with Crippen molar-refractivity contribution in [3.63, 3.8) is 0 Å². The zero-order chi connectivity index (χ0) is 31.1. The van der Waals surface area contributed by atoms with Crippen molar-refractivity contribution in [2.75, 3.05) is 28.8 Å². The van der Waals surface area contributed by atoms with E-state index in [9.17, 15) is 24.0 Å². The van der Waals surface area contributed by atoms with Crippen LogP contribution in [0.25, 0.3) is 33.2 Å². The van der Waals surface area contributed by atoms with Gasteiger partial charge in [-0.3, -0.25) is 19.2 Å². The molecule has 11 heteroatoms. The molecule has 0 radical (unpaired) electrons. The Labute approximate surface area is 250 Å². The first kappa shape index (κ1) is 28.0. The molecular weight excluding hydrogens is 562 g/mol. The average molecular weight is 588 g/mol. The van der Waals surface area contributed by atoms with Crippen LogP contribution in [0.5, 0.6) is 0 Å². The summed E-state index contributed by atoms with van der Waals surface area (Å²) in [6.07, 6.45) is 4.83. The van der Waals surface area contributed by atoms with Gasteiger partial charge in [0.1, 0.15) is 17.3 Å². The van der Waals surface area contributed by atoms with Crippen molar-refractivity contribution in [3.8, 4) is 11.4 Å². The number of carbonyl (C=O) groups is 4. The Morgan fingerprint density at radius 2 is 1.34 bits per heavy atom. The van der Waals surface area contributed by atoms with Crippen molar-refractivity contribution < 1.29 is 23.6 Å². The maximum absolute atomic E-state index is 12.3. The second-order valence-electron chi connectivity index (χ2n) is 10.3. The maximum Gasteiger partial charge on any atom is 0.361 e. The van der Waals surface area contributed by atoms with E-state index in [-0.39, 0.29) is 17.5 Å². The van der Waals surface area contributed by atoms with Gasteiger partial charge in [-0.2, -0.15) is 0 Å². The summed E-state index contributed by atoms with van der Waals surface area (Å²) in [6.45, 7) is 1.68. The third-order valence-corrected chi connectivity index (χ3v) is 7.22. The molecule has 4 heterocycles. The quantitative estimate of drug-likeness (QED) is 0.308. The van der Waals surface area contributed by atoms with Crippen LogP contribution in [0.1, 0.15) is 5.76 Å². The van der Waals surface area contributed by atoms with E-state index in [0.29, 0.717) is 22.2 Å². The lowest BCUT2D eigenvalue weighted by molar-refractivity contribution is -0.121. The highest BCUT2D eigenvalue weighted by Crippen LogP contribution is 2.31. The van der Waals surface area contributed by atoms with E-state index in [2.05, 4.69) is 9.97 Å². The van der Waals surface area contributed by atoms with E-state index < -0.39 is 17.4 Å². The van der Waals surface area contributed by atoms with Gasteiger partial charge in [-0.25, -0.2) is 19.6 Å². The van der Waals surface area contributed by atoms with Crippen molar-refractivity contribution in [1.29, 1.82) is 0 Å². The molecule has 0 bridgehead atoms. The lowest BCUT2D eigenvalue weighted by Crippen LogP contribution is -2.33. The molecule has 4 amide bonds. The Morgan fingerprint density at radius 3 is 1.95 bits per heavy atom. The number of fused-ring (bicyclic) bond motifs is 2. The number of aromatic amines is 1. The minimum absolute atomic E-state index is 0.0377. The van der Waals surface area contributed by atoms with Crippen LogP contribution in [0.15, 0.2) is 100 Å². The van der Waals surface area contributed by atoms with Crippen LogP contribution < -0.4 is 20.3 Å². The summed E-state index contributed by atoms with van der Waals surface area (Å²) in [5.74, 6) is -0.524. The van der Waals surface area contributed by atoms with Crippen LogP contribution in [0.2, 0.25) is 0 Å². The summed E-state index contributed by atoms with van der Waals surface area (Å²) in [4.78, 5) is 71.0. The molecule has 11 nitrogen and oxygen atoms in total. The van der Waals surface area contributed by atoms with E-state index in [0.717, 1.165) is 50.1 Å². The molecule has 2 aliphatic heterocycles. The van der Waals surface area contributed by atoms with E-state index in [1.807, 2.05) is 67.5 Å². The number of hydrogen-bond acceptors (Lipinski definition) is 8. The number of imidazole rings is 1. The number of aromatic nitrogens is 2. The van der Waals surface area contributed by atoms with Crippen LogP contribution in [-0.4, -0.2) is 47.7 Å². The molecule has 5 aromatic rings. The number of H-pyrrole nitrogens is 1. The second kappa shape index (κ2) is 11.0. The Balaban J connectivity index is 0.000000156. The highest BCUT2D eigenvalue weighted by Gasteiger charge is 2.30. The smallest absolute Gasteiger partial charge is 0.361 e. The van der Waals surface area contributed by atoms with Crippen molar-refractivity contribution >= 4 is 62.5 Å². The topological polar surface area (TPSA) is 137 Å². The van der Waals surface area contributed by atoms with Crippen molar-refractivity contribution in [2.24, 2.45) is 0 Å². The lowest BCUT2D eigenvalue weighted by Gasteiger charge is -2.18. The number of benzene rings is 3. The molecule has 44 heavy (non-hydrogen) atoms. The molecule has 218 valence electrons. The molecule has 0 unspecified atom stereocenters. The van der Waals surface area contributed by atoms with Gasteiger partial charge in [0.25, 0.3) is 23.6 Å². The zero-order valence-electron chi connectivity index (χ0n) is 23.9. The number of imide groups is 2. The van der Waals surface area contributed by atoms with Crippen molar-refractivity contribution in [3.05, 3.63) is 107 Å². The molecule has 0 saturated carbocycles. The molecule has 0 atom stereocenters. The summed E-state index contributed by atoms with van der Waals surface area (Å²) in [5.41, 5.74) is 3.43. The normalized spacial score (nSPS) is 14.2. The molecule has 0 fully saturated rings. The summed E-state index contributed by atoms with van der Waals surface area (Å²) >= 11 is 0. The van der Waals surface area contributed by atoms with Crippen LogP contribution in [-0.2, 0) is 19.2 Å². The predicted octanol–water partition coefficient (Wildman–Crippen LogP) is 4.26. The average Bonchev–Trinajstić information content (AvgIpc) is 3.69. The number of anilines is 3. The fourth-order valence-corrected chi connectivity index (χ4v) is 5.01.